The Bertz CT molecular complexity index is 3020. The number of rotatable bonds is 4. The predicted octanol–water partition coefficient (Wildman–Crippen LogP) is 14.4. The van der Waals surface area contributed by atoms with E-state index in [2.05, 4.69) is 190 Å². The third-order valence-corrected chi connectivity index (χ3v) is 13.3. The van der Waals surface area contributed by atoms with Crippen molar-refractivity contribution >= 4 is 49.8 Å². The van der Waals surface area contributed by atoms with Gasteiger partial charge in [-0.05, 0) is 109 Å². The Balaban J connectivity index is 0.985. The molecule has 0 spiro atoms. The summed E-state index contributed by atoms with van der Waals surface area (Å²) in [5.41, 5.74) is 15.9. The van der Waals surface area contributed by atoms with E-state index < -0.39 is 0 Å². The van der Waals surface area contributed by atoms with E-state index in [1.54, 1.807) is 0 Å². The number of pyridine rings is 1. The molecule has 8 aromatic carbocycles. The van der Waals surface area contributed by atoms with E-state index in [0.29, 0.717) is 0 Å². The quantitative estimate of drug-likeness (QED) is 0.183. The summed E-state index contributed by atoms with van der Waals surface area (Å²) < 4.78 is 0. The monoisotopic (exact) mass is 722 g/mol. The minimum absolute atomic E-state index is 0.0723. The van der Waals surface area contributed by atoms with Crippen LogP contribution < -0.4 is 5.32 Å². The molecule has 9 aromatic rings. The largest absolute Gasteiger partial charge is 0.368 e. The van der Waals surface area contributed by atoms with Gasteiger partial charge in [-0.25, -0.2) is 4.98 Å². The Morgan fingerprint density at radius 3 is 2.04 bits per heavy atom. The maximum absolute atomic E-state index is 5.32. The molecule has 1 N–H and O–H groups in total. The van der Waals surface area contributed by atoms with Crippen LogP contribution in [0.3, 0.4) is 0 Å². The average Bonchev–Trinajstić information content (AvgIpc) is 3.76. The lowest BCUT2D eigenvalue weighted by Crippen LogP contribution is -2.15. The highest BCUT2D eigenvalue weighted by Crippen LogP contribution is 2.54. The minimum atomic E-state index is -0.0723. The van der Waals surface area contributed by atoms with Gasteiger partial charge < -0.3 is 5.32 Å². The molecule has 262 valence electrons. The first-order chi connectivity index (χ1) is 26.9. The van der Waals surface area contributed by atoms with E-state index in [-0.39, 0.29) is 10.8 Å². The molecule has 1 unspecified atom stereocenters. The van der Waals surface area contributed by atoms with Crippen molar-refractivity contribution in [2.24, 2.45) is 0 Å². The van der Waals surface area contributed by atoms with E-state index in [4.69, 9.17) is 4.98 Å². The zero-order chi connectivity index (χ0) is 36.8. The highest BCUT2D eigenvalue weighted by atomic mass is 32.2. The Kier molecular flexibility index (Phi) is 7.15. The number of fused-ring (bicyclic) bond motifs is 9. The number of nitrogens with one attached hydrogen (secondary N) is 1. The maximum Gasteiger partial charge on any atom is 0.103 e. The molecule has 55 heavy (non-hydrogen) atoms. The fourth-order valence-electron chi connectivity index (χ4n) is 9.13. The third kappa shape index (κ3) is 5.07. The number of benzene rings is 8. The van der Waals surface area contributed by atoms with Crippen LogP contribution in [-0.4, -0.2) is 4.98 Å². The second kappa shape index (κ2) is 12.2. The first kappa shape index (κ1) is 32.3. The molecule has 2 nitrogen and oxygen atoms in total. The van der Waals surface area contributed by atoms with Gasteiger partial charge >= 0.3 is 0 Å². The number of nitrogens with zero attached hydrogens (tertiary/aromatic N) is 1. The second-order valence-corrected chi connectivity index (χ2v) is 16.8. The summed E-state index contributed by atoms with van der Waals surface area (Å²) in [6.45, 7) is 6.97. The Morgan fingerprint density at radius 2 is 1.24 bits per heavy atom. The van der Waals surface area contributed by atoms with Crippen LogP contribution in [-0.2, 0) is 5.41 Å². The molecular formula is C52H38N2S. The van der Waals surface area contributed by atoms with Crippen molar-refractivity contribution in [2.45, 2.75) is 36.5 Å². The first-order valence-electron chi connectivity index (χ1n) is 19.1. The number of thioether (sulfide) groups is 1. The molecule has 0 amide bonds. The van der Waals surface area contributed by atoms with Crippen molar-refractivity contribution < 1.29 is 0 Å². The van der Waals surface area contributed by atoms with Gasteiger partial charge in [-0.1, -0.05) is 159 Å². The molecule has 1 atom stereocenters. The second-order valence-electron chi connectivity index (χ2n) is 15.6. The maximum atomic E-state index is 5.32. The first-order valence-corrected chi connectivity index (χ1v) is 20.0. The SMILES string of the molecule is Cc1c(-c2ccccc2)cc(-c2ccccc2)nc1-c1ccc2c(ccc3ccc4c(c32)NC(c2ccc3c(c2)C(C)(C)c2cc5ccccc5cc2-3)S4)c1. The molecule has 0 radical (unpaired) electrons. The normalized spacial score (nSPS) is 15.2. The zero-order valence-corrected chi connectivity index (χ0v) is 31.8. The van der Waals surface area contributed by atoms with Gasteiger partial charge in [0.25, 0.3) is 0 Å². The lowest BCUT2D eigenvalue weighted by molar-refractivity contribution is 0.660. The molecule has 0 saturated carbocycles. The lowest BCUT2D eigenvalue weighted by atomic mass is 9.81. The van der Waals surface area contributed by atoms with Crippen LogP contribution in [0.2, 0.25) is 0 Å². The van der Waals surface area contributed by atoms with Crippen LogP contribution in [0, 0.1) is 6.92 Å². The Morgan fingerprint density at radius 1 is 0.545 bits per heavy atom. The fraction of sp³-hybridized carbons (Fsp3) is 0.0962. The summed E-state index contributed by atoms with van der Waals surface area (Å²) in [5, 5.41) is 11.7. The van der Waals surface area contributed by atoms with Crippen LogP contribution in [0.15, 0.2) is 169 Å². The summed E-state index contributed by atoms with van der Waals surface area (Å²) in [6, 6.07) is 60.2. The number of hydrogen-bond acceptors (Lipinski definition) is 3. The molecular weight excluding hydrogens is 685 g/mol. The van der Waals surface area contributed by atoms with Gasteiger partial charge in [0.2, 0.25) is 0 Å². The van der Waals surface area contributed by atoms with E-state index in [9.17, 15) is 0 Å². The Labute approximate surface area is 325 Å². The topological polar surface area (TPSA) is 24.9 Å². The molecule has 11 rings (SSSR count). The average molecular weight is 723 g/mol. The summed E-state index contributed by atoms with van der Waals surface area (Å²) in [4.78, 5) is 6.61. The van der Waals surface area contributed by atoms with Gasteiger partial charge in [0.05, 0.1) is 17.1 Å². The van der Waals surface area contributed by atoms with E-state index in [0.717, 1.165) is 22.5 Å². The standard InChI is InChI=1S/C52H38N2S/c1-31-42(32-12-6-4-7-13-32)30-46(33-14-8-5-9-15-33)53-49(31)38-20-23-40-37(26-38)19-18-34-22-25-47-50(48(34)40)54-51(55-47)39-21-24-41-43-27-35-16-10-11-17-36(35)28-45(43)52(2,3)44(41)29-39/h4-30,51,54H,1-3H3. The van der Waals surface area contributed by atoms with Crippen LogP contribution in [0.4, 0.5) is 5.69 Å². The summed E-state index contributed by atoms with van der Waals surface area (Å²) in [7, 11) is 0. The van der Waals surface area contributed by atoms with E-state index in [1.807, 2.05) is 11.8 Å². The third-order valence-electron chi connectivity index (χ3n) is 12.1. The highest BCUT2D eigenvalue weighted by Gasteiger charge is 2.37. The van der Waals surface area contributed by atoms with Crippen molar-refractivity contribution in [3.05, 3.63) is 186 Å². The van der Waals surface area contributed by atoms with Crippen molar-refractivity contribution in [2.75, 3.05) is 5.32 Å². The van der Waals surface area contributed by atoms with Crippen molar-refractivity contribution in [1.82, 2.24) is 4.98 Å². The predicted molar refractivity (Wildman–Crippen MR) is 234 cm³/mol. The molecule has 1 aliphatic carbocycles. The van der Waals surface area contributed by atoms with Gasteiger partial charge in [-0.3, -0.25) is 0 Å². The zero-order valence-electron chi connectivity index (χ0n) is 31.0. The Hall–Kier alpha value is -6.16. The van der Waals surface area contributed by atoms with Gasteiger partial charge in [-0.2, -0.15) is 0 Å². The molecule has 1 aliphatic heterocycles. The number of hydrogen-bond donors (Lipinski definition) is 1. The van der Waals surface area contributed by atoms with Crippen LogP contribution in [0.5, 0.6) is 0 Å². The van der Waals surface area contributed by atoms with E-state index >= 15 is 0 Å². The van der Waals surface area contributed by atoms with Gasteiger partial charge in [-0.15, -0.1) is 0 Å². The van der Waals surface area contributed by atoms with E-state index in [1.165, 1.54) is 87.4 Å². The summed E-state index contributed by atoms with van der Waals surface area (Å²) in [5.74, 6) is 0. The van der Waals surface area contributed by atoms with Gasteiger partial charge in [0, 0.05) is 26.8 Å². The molecule has 1 aromatic heterocycles. The van der Waals surface area contributed by atoms with Gasteiger partial charge in [0.1, 0.15) is 5.37 Å². The van der Waals surface area contributed by atoms with Crippen molar-refractivity contribution in [3.63, 3.8) is 0 Å². The molecule has 0 fully saturated rings. The van der Waals surface area contributed by atoms with Crippen LogP contribution in [0.25, 0.3) is 77.1 Å². The molecule has 0 saturated heterocycles. The fourth-order valence-corrected chi connectivity index (χ4v) is 10.3. The van der Waals surface area contributed by atoms with Crippen LogP contribution >= 0.6 is 11.8 Å². The smallest absolute Gasteiger partial charge is 0.103 e. The van der Waals surface area contributed by atoms with Crippen molar-refractivity contribution in [3.8, 4) is 44.8 Å². The van der Waals surface area contributed by atoms with Crippen molar-refractivity contribution in [1.29, 1.82) is 0 Å². The number of anilines is 1. The lowest BCUT2D eigenvalue weighted by Gasteiger charge is -2.23. The molecule has 2 aliphatic rings. The molecule has 2 heterocycles. The number of aromatic nitrogens is 1. The molecule has 0 bridgehead atoms. The summed E-state index contributed by atoms with van der Waals surface area (Å²) >= 11 is 1.92. The van der Waals surface area contributed by atoms with Gasteiger partial charge in [0.15, 0.2) is 0 Å². The molecule has 3 heteroatoms. The summed E-state index contributed by atoms with van der Waals surface area (Å²) in [6.07, 6.45) is 0. The highest BCUT2D eigenvalue weighted by molar-refractivity contribution is 8.00. The minimum Gasteiger partial charge on any atom is -0.368 e. The van der Waals surface area contributed by atoms with Crippen LogP contribution in [0.1, 0.15) is 41.5 Å².